The van der Waals surface area contributed by atoms with Gasteiger partial charge < -0.3 is 4.43 Å². The average molecular weight is 214 g/mol. The largest absolute Gasteiger partial charge is 0.414 e. The van der Waals surface area contributed by atoms with Crippen LogP contribution < -0.4 is 0 Å². The second kappa shape index (κ2) is 5.31. The summed E-state index contributed by atoms with van der Waals surface area (Å²) in [5.74, 6) is 0.812. The summed E-state index contributed by atoms with van der Waals surface area (Å²) in [5.41, 5.74) is 0. The van der Waals surface area contributed by atoms with Crippen LogP contribution >= 0.6 is 0 Å². The second-order valence-corrected chi connectivity index (χ2v) is 9.53. The van der Waals surface area contributed by atoms with Gasteiger partial charge in [0, 0.05) is 6.10 Å². The van der Waals surface area contributed by atoms with E-state index in [1.165, 1.54) is 37.4 Å². The summed E-state index contributed by atoms with van der Waals surface area (Å²) in [6.07, 6.45) is 4.68. The minimum atomic E-state index is -1.32. The fourth-order valence-corrected chi connectivity index (χ4v) is 5.60. The van der Waals surface area contributed by atoms with Crippen LogP contribution in [0.3, 0.4) is 0 Å². The first-order valence-corrected chi connectivity index (χ1v) is 8.88. The average Bonchev–Trinajstić information content (AvgIpc) is 2.61. The summed E-state index contributed by atoms with van der Waals surface area (Å²) in [6.45, 7) is 9.31. The molecule has 0 aromatic carbocycles. The van der Waals surface area contributed by atoms with Crippen molar-refractivity contribution in [3.8, 4) is 0 Å². The predicted molar refractivity (Wildman–Crippen MR) is 65.1 cm³/mol. The van der Waals surface area contributed by atoms with Crippen molar-refractivity contribution in [1.82, 2.24) is 0 Å². The summed E-state index contributed by atoms with van der Waals surface area (Å²) >= 11 is 0. The Bertz CT molecular complexity index is 157. The topological polar surface area (TPSA) is 9.23 Å². The van der Waals surface area contributed by atoms with Crippen LogP contribution in [0.15, 0.2) is 0 Å². The van der Waals surface area contributed by atoms with E-state index in [4.69, 9.17) is 4.43 Å². The Morgan fingerprint density at radius 1 is 1.07 bits per heavy atom. The molecule has 0 aliphatic heterocycles. The van der Waals surface area contributed by atoms with Gasteiger partial charge in [0.2, 0.25) is 0 Å². The Labute approximate surface area is 90.4 Å². The molecule has 0 aromatic rings. The minimum absolute atomic E-state index is 0.599. The van der Waals surface area contributed by atoms with E-state index < -0.39 is 8.32 Å². The summed E-state index contributed by atoms with van der Waals surface area (Å²) in [6, 6.07) is 3.88. The van der Waals surface area contributed by atoms with Gasteiger partial charge in [-0.15, -0.1) is 0 Å². The van der Waals surface area contributed by atoms with Crippen LogP contribution in [0.4, 0.5) is 0 Å². The lowest BCUT2D eigenvalue weighted by molar-refractivity contribution is 0.153. The van der Waals surface area contributed by atoms with Gasteiger partial charge in [-0.05, 0) is 36.9 Å². The van der Waals surface area contributed by atoms with Crippen molar-refractivity contribution in [3.63, 3.8) is 0 Å². The molecule has 1 aliphatic carbocycles. The van der Waals surface area contributed by atoms with Gasteiger partial charge in [-0.3, -0.25) is 0 Å². The van der Waals surface area contributed by atoms with E-state index in [1.54, 1.807) is 0 Å². The van der Waals surface area contributed by atoms with Crippen molar-refractivity contribution in [2.45, 2.75) is 71.2 Å². The molecule has 1 fully saturated rings. The van der Waals surface area contributed by atoms with E-state index in [1.807, 2.05) is 0 Å². The summed E-state index contributed by atoms with van der Waals surface area (Å²) in [5, 5.41) is 0. The van der Waals surface area contributed by atoms with E-state index >= 15 is 0 Å². The van der Waals surface area contributed by atoms with Crippen molar-refractivity contribution in [3.05, 3.63) is 0 Å². The molecule has 2 heteroatoms. The first-order valence-electron chi connectivity index (χ1n) is 6.35. The molecule has 84 valence electrons. The fraction of sp³-hybridized carbons (Fsp3) is 1.00. The molecule has 1 saturated carbocycles. The molecule has 0 N–H and O–H groups in total. The molecule has 0 radical (unpaired) electrons. The molecule has 1 rings (SSSR count). The van der Waals surface area contributed by atoms with Crippen LogP contribution in [-0.4, -0.2) is 14.4 Å². The van der Waals surface area contributed by atoms with Crippen LogP contribution in [0.25, 0.3) is 0 Å². The van der Waals surface area contributed by atoms with Gasteiger partial charge in [0.05, 0.1) is 0 Å². The molecule has 0 bridgehead atoms. The molecular weight excluding hydrogens is 188 g/mol. The van der Waals surface area contributed by atoms with Crippen LogP contribution in [0.5, 0.6) is 0 Å². The Balaban J connectivity index is 2.54. The standard InChI is InChI=1S/C12H26OSi/c1-5-14(6-2,7-3)13-12-10-8-9-11(12)4/h11-12H,5-10H2,1-4H3/t11-,12+/m0/s1. The zero-order chi connectivity index (χ0) is 10.6. The summed E-state index contributed by atoms with van der Waals surface area (Å²) < 4.78 is 6.50. The Kier molecular flexibility index (Phi) is 4.65. The van der Waals surface area contributed by atoms with Gasteiger partial charge in [0.25, 0.3) is 0 Å². The zero-order valence-corrected chi connectivity index (χ0v) is 11.3. The van der Waals surface area contributed by atoms with Gasteiger partial charge in [0.1, 0.15) is 0 Å². The van der Waals surface area contributed by atoms with Crippen LogP contribution in [0.2, 0.25) is 18.1 Å². The lowest BCUT2D eigenvalue weighted by atomic mass is 10.1. The smallest absolute Gasteiger partial charge is 0.192 e. The monoisotopic (exact) mass is 214 g/mol. The van der Waals surface area contributed by atoms with Crippen molar-refractivity contribution in [2.75, 3.05) is 0 Å². The molecule has 0 spiro atoms. The maximum Gasteiger partial charge on any atom is 0.192 e. The van der Waals surface area contributed by atoms with Gasteiger partial charge in [-0.2, -0.15) is 0 Å². The lowest BCUT2D eigenvalue weighted by Gasteiger charge is -2.33. The maximum absolute atomic E-state index is 6.50. The molecular formula is C12H26OSi. The third kappa shape index (κ3) is 2.60. The third-order valence-electron chi connectivity index (χ3n) is 4.12. The maximum atomic E-state index is 6.50. The lowest BCUT2D eigenvalue weighted by Crippen LogP contribution is -2.40. The minimum Gasteiger partial charge on any atom is -0.414 e. The van der Waals surface area contributed by atoms with Crippen LogP contribution in [0.1, 0.15) is 47.0 Å². The highest BCUT2D eigenvalue weighted by Gasteiger charge is 2.35. The molecule has 0 unspecified atom stereocenters. The highest BCUT2D eigenvalue weighted by atomic mass is 28.4. The third-order valence-corrected chi connectivity index (χ3v) is 8.79. The van der Waals surface area contributed by atoms with Crippen LogP contribution in [-0.2, 0) is 4.43 Å². The summed E-state index contributed by atoms with van der Waals surface area (Å²) in [4.78, 5) is 0. The molecule has 0 amide bonds. The second-order valence-electron chi connectivity index (χ2n) is 4.81. The van der Waals surface area contributed by atoms with E-state index in [-0.39, 0.29) is 0 Å². The predicted octanol–water partition coefficient (Wildman–Crippen LogP) is 4.20. The van der Waals surface area contributed by atoms with Crippen molar-refractivity contribution >= 4 is 8.32 Å². The summed E-state index contributed by atoms with van der Waals surface area (Å²) in [7, 11) is -1.32. The van der Waals surface area contributed by atoms with E-state index in [0.29, 0.717) is 6.10 Å². The number of hydrogen-bond acceptors (Lipinski definition) is 1. The SMILES string of the molecule is CC[Si](CC)(CC)O[C@@H]1CCC[C@@H]1C. The molecule has 0 aromatic heterocycles. The Morgan fingerprint density at radius 3 is 2.00 bits per heavy atom. The van der Waals surface area contributed by atoms with E-state index in [9.17, 15) is 0 Å². The highest BCUT2D eigenvalue weighted by Crippen LogP contribution is 2.33. The molecule has 14 heavy (non-hydrogen) atoms. The zero-order valence-electron chi connectivity index (χ0n) is 10.3. The van der Waals surface area contributed by atoms with Crippen molar-refractivity contribution in [1.29, 1.82) is 0 Å². The van der Waals surface area contributed by atoms with Gasteiger partial charge >= 0.3 is 0 Å². The normalized spacial score (nSPS) is 28.3. The molecule has 2 atom stereocenters. The number of hydrogen-bond donors (Lipinski definition) is 0. The first kappa shape index (κ1) is 12.2. The molecule has 1 nitrogen and oxygen atoms in total. The van der Waals surface area contributed by atoms with Crippen molar-refractivity contribution in [2.24, 2.45) is 5.92 Å². The molecule has 0 heterocycles. The van der Waals surface area contributed by atoms with Crippen LogP contribution in [0, 0.1) is 5.92 Å². The molecule has 1 aliphatic rings. The van der Waals surface area contributed by atoms with Crippen molar-refractivity contribution < 1.29 is 4.43 Å². The van der Waals surface area contributed by atoms with Gasteiger partial charge in [-0.1, -0.05) is 34.1 Å². The fourth-order valence-electron chi connectivity index (χ4n) is 2.61. The van der Waals surface area contributed by atoms with Gasteiger partial charge in [-0.25, -0.2) is 0 Å². The number of rotatable bonds is 5. The quantitative estimate of drug-likeness (QED) is 0.623. The first-order chi connectivity index (χ1) is 6.67. The van der Waals surface area contributed by atoms with E-state index in [0.717, 1.165) is 5.92 Å². The Hall–Kier alpha value is 0.177. The Morgan fingerprint density at radius 2 is 1.64 bits per heavy atom. The van der Waals surface area contributed by atoms with Gasteiger partial charge in [0.15, 0.2) is 8.32 Å². The molecule has 0 saturated heterocycles. The van der Waals surface area contributed by atoms with E-state index in [2.05, 4.69) is 27.7 Å². The highest BCUT2D eigenvalue weighted by molar-refractivity contribution is 6.73.